The first-order chi connectivity index (χ1) is 7.47. The molecule has 0 amide bonds. The summed E-state index contributed by atoms with van der Waals surface area (Å²) in [7, 11) is 0. The van der Waals surface area contributed by atoms with Crippen molar-refractivity contribution in [3.63, 3.8) is 0 Å². The second kappa shape index (κ2) is 6.58. The number of hydrogen-bond acceptors (Lipinski definition) is 3. The van der Waals surface area contributed by atoms with Crippen LogP contribution in [0.15, 0.2) is 0 Å². The summed E-state index contributed by atoms with van der Waals surface area (Å²) in [5.41, 5.74) is 0.429. The Morgan fingerprint density at radius 3 is 2.75 bits per heavy atom. The quantitative estimate of drug-likeness (QED) is 0.752. The van der Waals surface area contributed by atoms with Gasteiger partial charge in [0.2, 0.25) is 0 Å². The van der Waals surface area contributed by atoms with Crippen LogP contribution in [0.2, 0.25) is 0 Å². The van der Waals surface area contributed by atoms with Crippen molar-refractivity contribution in [3.8, 4) is 0 Å². The van der Waals surface area contributed by atoms with Crippen molar-refractivity contribution in [2.24, 2.45) is 5.41 Å². The minimum Gasteiger partial charge on any atom is -0.379 e. The highest BCUT2D eigenvalue weighted by Gasteiger charge is 2.16. The molecule has 0 aromatic carbocycles. The third-order valence-electron chi connectivity index (χ3n) is 3.00. The highest BCUT2D eigenvalue weighted by atomic mass is 16.5. The lowest BCUT2D eigenvalue weighted by molar-refractivity contribution is 0.0711. The zero-order valence-electron chi connectivity index (χ0n) is 11.3. The summed E-state index contributed by atoms with van der Waals surface area (Å²) in [6.07, 6.45) is 2.38. The minimum atomic E-state index is 0.429. The molecule has 0 radical (unpaired) electrons. The van der Waals surface area contributed by atoms with Crippen molar-refractivity contribution in [2.75, 3.05) is 26.3 Å². The Labute approximate surface area is 100 Å². The molecule has 0 spiro atoms. The van der Waals surface area contributed by atoms with Crippen molar-refractivity contribution in [2.45, 2.75) is 52.6 Å². The lowest BCUT2D eigenvalue weighted by atomic mass is 9.92. The van der Waals surface area contributed by atoms with Crippen LogP contribution in [0.1, 0.15) is 40.5 Å². The molecule has 1 saturated heterocycles. The fourth-order valence-corrected chi connectivity index (χ4v) is 1.97. The van der Waals surface area contributed by atoms with Gasteiger partial charge in [0, 0.05) is 18.6 Å². The van der Waals surface area contributed by atoms with Gasteiger partial charge in [-0.1, -0.05) is 20.8 Å². The maximum Gasteiger partial charge on any atom is 0.0620 e. The summed E-state index contributed by atoms with van der Waals surface area (Å²) in [6.45, 7) is 13.0. The Morgan fingerprint density at radius 2 is 2.19 bits per heavy atom. The van der Waals surface area contributed by atoms with E-state index in [4.69, 9.17) is 4.74 Å². The average Bonchev–Trinajstić information content (AvgIpc) is 2.17. The summed E-state index contributed by atoms with van der Waals surface area (Å²) in [6, 6.07) is 1.10. The van der Waals surface area contributed by atoms with E-state index in [1.807, 2.05) is 0 Å². The average molecular weight is 228 g/mol. The van der Waals surface area contributed by atoms with Gasteiger partial charge >= 0.3 is 0 Å². The Kier molecular flexibility index (Phi) is 5.73. The topological polar surface area (TPSA) is 33.3 Å². The molecule has 1 fully saturated rings. The van der Waals surface area contributed by atoms with Crippen molar-refractivity contribution >= 4 is 0 Å². The molecular weight excluding hydrogens is 200 g/mol. The van der Waals surface area contributed by atoms with Crippen LogP contribution >= 0.6 is 0 Å². The van der Waals surface area contributed by atoms with E-state index < -0.39 is 0 Å². The summed E-state index contributed by atoms with van der Waals surface area (Å²) in [5.74, 6) is 0. The number of morpholine rings is 1. The molecule has 0 bridgehead atoms. The van der Waals surface area contributed by atoms with Crippen LogP contribution in [0.5, 0.6) is 0 Å². The van der Waals surface area contributed by atoms with Gasteiger partial charge in [-0.25, -0.2) is 0 Å². The Bertz CT molecular complexity index is 183. The fourth-order valence-electron chi connectivity index (χ4n) is 1.97. The van der Waals surface area contributed by atoms with Gasteiger partial charge in [-0.3, -0.25) is 0 Å². The van der Waals surface area contributed by atoms with Crippen LogP contribution < -0.4 is 10.6 Å². The van der Waals surface area contributed by atoms with Gasteiger partial charge in [-0.2, -0.15) is 0 Å². The molecule has 2 N–H and O–H groups in total. The van der Waals surface area contributed by atoms with Gasteiger partial charge in [0.15, 0.2) is 0 Å². The highest BCUT2D eigenvalue weighted by Crippen LogP contribution is 2.17. The summed E-state index contributed by atoms with van der Waals surface area (Å²) in [4.78, 5) is 0. The Hall–Kier alpha value is -0.120. The maximum absolute atomic E-state index is 5.45. The van der Waals surface area contributed by atoms with Crippen LogP contribution in [-0.2, 0) is 4.74 Å². The van der Waals surface area contributed by atoms with Gasteiger partial charge in [0.05, 0.1) is 13.2 Å². The first kappa shape index (κ1) is 13.9. The van der Waals surface area contributed by atoms with Crippen LogP contribution in [-0.4, -0.2) is 38.4 Å². The molecule has 0 aliphatic carbocycles. The molecule has 0 saturated carbocycles. The van der Waals surface area contributed by atoms with E-state index in [2.05, 4.69) is 38.3 Å². The van der Waals surface area contributed by atoms with E-state index in [-0.39, 0.29) is 0 Å². The molecule has 16 heavy (non-hydrogen) atoms. The summed E-state index contributed by atoms with van der Waals surface area (Å²) in [5, 5.41) is 7.08. The molecule has 2 atom stereocenters. The number of nitrogens with one attached hydrogen (secondary N) is 2. The van der Waals surface area contributed by atoms with Crippen LogP contribution in [0.25, 0.3) is 0 Å². The standard InChI is InChI=1S/C13H28N2O/c1-11(14-6-5-13(2,3)4)9-12-10-16-8-7-15-12/h11-12,14-15H,5-10H2,1-4H3. The van der Waals surface area contributed by atoms with Crippen LogP contribution in [0.3, 0.4) is 0 Å². The lowest BCUT2D eigenvalue weighted by Gasteiger charge is -2.27. The van der Waals surface area contributed by atoms with Gasteiger partial charge in [-0.05, 0) is 31.7 Å². The van der Waals surface area contributed by atoms with Gasteiger partial charge in [0.1, 0.15) is 0 Å². The maximum atomic E-state index is 5.45. The second-order valence-electron chi connectivity index (χ2n) is 6.13. The first-order valence-corrected chi connectivity index (χ1v) is 6.52. The van der Waals surface area contributed by atoms with E-state index in [1.165, 1.54) is 6.42 Å². The van der Waals surface area contributed by atoms with Crippen molar-refractivity contribution < 1.29 is 4.74 Å². The largest absolute Gasteiger partial charge is 0.379 e. The Balaban J connectivity index is 2.08. The normalized spacial score (nSPS) is 24.4. The molecule has 2 unspecified atom stereocenters. The van der Waals surface area contributed by atoms with E-state index in [1.54, 1.807) is 0 Å². The second-order valence-corrected chi connectivity index (χ2v) is 6.13. The molecule has 0 aromatic rings. The number of ether oxygens (including phenoxy) is 1. The molecule has 1 aliphatic rings. The smallest absolute Gasteiger partial charge is 0.0620 e. The SMILES string of the molecule is CC(CC1COCCN1)NCCC(C)(C)C. The molecular formula is C13H28N2O. The van der Waals surface area contributed by atoms with Gasteiger partial charge < -0.3 is 15.4 Å². The first-order valence-electron chi connectivity index (χ1n) is 6.52. The predicted molar refractivity (Wildman–Crippen MR) is 68.8 cm³/mol. The van der Waals surface area contributed by atoms with Gasteiger partial charge in [0.25, 0.3) is 0 Å². The third-order valence-corrected chi connectivity index (χ3v) is 3.00. The zero-order valence-corrected chi connectivity index (χ0v) is 11.3. The molecule has 0 aromatic heterocycles. The predicted octanol–water partition coefficient (Wildman–Crippen LogP) is 1.78. The molecule has 3 heteroatoms. The van der Waals surface area contributed by atoms with Crippen molar-refractivity contribution in [3.05, 3.63) is 0 Å². The highest BCUT2D eigenvalue weighted by molar-refractivity contribution is 4.76. The molecule has 3 nitrogen and oxygen atoms in total. The van der Waals surface area contributed by atoms with Gasteiger partial charge in [-0.15, -0.1) is 0 Å². The number of rotatable bonds is 5. The van der Waals surface area contributed by atoms with E-state index in [0.717, 1.165) is 32.7 Å². The minimum absolute atomic E-state index is 0.429. The summed E-state index contributed by atoms with van der Waals surface area (Å²) >= 11 is 0. The number of hydrogen-bond donors (Lipinski definition) is 2. The van der Waals surface area contributed by atoms with E-state index in [9.17, 15) is 0 Å². The zero-order chi connectivity index (χ0) is 12.0. The molecule has 1 heterocycles. The van der Waals surface area contributed by atoms with E-state index in [0.29, 0.717) is 17.5 Å². The lowest BCUT2D eigenvalue weighted by Crippen LogP contribution is -2.45. The van der Waals surface area contributed by atoms with Crippen molar-refractivity contribution in [1.82, 2.24) is 10.6 Å². The van der Waals surface area contributed by atoms with E-state index >= 15 is 0 Å². The summed E-state index contributed by atoms with van der Waals surface area (Å²) < 4.78 is 5.45. The molecule has 1 rings (SSSR count). The van der Waals surface area contributed by atoms with Crippen molar-refractivity contribution in [1.29, 1.82) is 0 Å². The van der Waals surface area contributed by atoms with Crippen LogP contribution in [0.4, 0.5) is 0 Å². The third kappa shape index (κ3) is 6.46. The fraction of sp³-hybridized carbons (Fsp3) is 1.00. The van der Waals surface area contributed by atoms with Crippen LogP contribution in [0, 0.1) is 5.41 Å². The molecule has 96 valence electrons. The molecule has 1 aliphatic heterocycles. The Morgan fingerprint density at radius 1 is 1.44 bits per heavy atom. The monoisotopic (exact) mass is 228 g/mol.